The lowest BCUT2D eigenvalue weighted by Gasteiger charge is -2.35. The third-order valence-corrected chi connectivity index (χ3v) is 6.13. The summed E-state index contributed by atoms with van der Waals surface area (Å²) in [4.78, 5) is 33.4. The molecule has 0 saturated carbocycles. The maximum atomic E-state index is 13.8. The lowest BCUT2D eigenvalue weighted by atomic mass is 10.2. The lowest BCUT2D eigenvalue weighted by molar-refractivity contribution is 0.0602. The molecule has 8 nitrogen and oxygen atoms in total. The molecule has 2 aromatic carbocycles. The van der Waals surface area contributed by atoms with Crippen molar-refractivity contribution in [2.24, 2.45) is 0 Å². The molecule has 0 bridgehead atoms. The quantitative estimate of drug-likeness (QED) is 0.438. The number of aromatic nitrogens is 2. The number of carbonyl (C=O) groups excluding carboxylic acids is 2. The van der Waals surface area contributed by atoms with Crippen molar-refractivity contribution >= 4 is 51.7 Å². The molecule has 0 unspecified atom stereocenters. The van der Waals surface area contributed by atoms with Crippen LogP contribution in [-0.2, 0) is 4.74 Å². The second-order valence-corrected chi connectivity index (χ2v) is 8.35. The summed E-state index contributed by atoms with van der Waals surface area (Å²) in [5, 5.41) is 3.16. The van der Waals surface area contributed by atoms with Gasteiger partial charge >= 0.3 is 12.0 Å². The van der Waals surface area contributed by atoms with Crippen LogP contribution in [0.2, 0.25) is 5.02 Å². The molecule has 10 heteroatoms. The molecular weight excluding hydrogens is 461 g/mol. The van der Waals surface area contributed by atoms with Gasteiger partial charge in [-0.3, -0.25) is 0 Å². The standard InChI is InChI=1S/C24H21ClFN5O3/c1-34-23(32)17-6-4-15(25)13-18(17)28-24(33)30-11-9-29(10-12-30)22-21-3-2-8-31(21)20-7-5-16(26)14-19(20)27-22/h2-8,13-14H,9-12H2,1H3,(H,28,33). The van der Waals surface area contributed by atoms with E-state index in [1.54, 1.807) is 17.0 Å². The van der Waals surface area contributed by atoms with Crippen molar-refractivity contribution in [2.45, 2.75) is 0 Å². The maximum absolute atomic E-state index is 13.8. The van der Waals surface area contributed by atoms with E-state index in [0.717, 1.165) is 16.9 Å². The fourth-order valence-electron chi connectivity index (χ4n) is 4.19. The molecule has 1 aliphatic heterocycles. The number of hydrogen-bond acceptors (Lipinski definition) is 5. The summed E-state index contributed by atoms with van der Waals surface area (Å²) in [5.41, 5.74) is 2.82. The number of ether oxygens (including phenoxy) is 1. The van der Waals surface area contributed by atoms with E-state index in [9.17, 15) is 14.0 Å². The molecule has 1 fully saturated rings. The van der Waals surface area contributed by atoms with Gasteiger partial charge in [-0.05, 0) is 42.5 Å². The fourth-order valence-corrected chi connectivity index (χ4v) is 4.36. The van der Waals surface area contributed by atoms with Crippen LogP contribution in [0.5, 0.6) is 0 Å². The minimum atomic E-state index is -0.563. The van der Waals surface area contributed by atoms with E-state index in [2.05, 4.69) is 10.2 Å². The van der Waals surface area contributed by atoms with Gasteiger partial charge < -0.3 is 24.3 Å². The summed E-state index contributed by atoms with van der Waals surface area (Å²) in [6.07, 6.45) is 1.92. The van der Waals surface area contributed by atoms with Crippen molar-refractivity contribution in [2.75, 3.05) is 43.5 Å². The average molecular weight is 482 g/mol. The number of hydrogen-bond donors (Lipinski definition) is 1. The Morgan fingerprint density at radius 1 is 1.06 bits per heavy atom. The molecule has 1 N–H and O–H groups in total. The van der Waals surface area contributed by atoms with Gasteiger partial charge in [0.25, 0.3) is 0 Å². The first kappa shape index (κ1) is 22.0. The predicted molar refractivity (Wildman–Crippen MR) is 128 cm³/mol. The average Bonchev–Trinajstić information content (AvgIpc) is 3.33. The van der Waals surface area contributed by atoms with Crippen LogP contribution in [0.1, 0.15) is 10.4 Å². The molecule has 4 aromatic rings. The monoisotopic (exact) mass is 481 g/mol. The second kappa shape index (κ2) is 8.83. The lowest BCUT2D eigenvalue weighted by Crippen LogP contribution is -2.50. The van der Waals surface area contributed by atoms with Crippen molar-refractivity contribution in [3.63, 3.8) is 0 Å². The van der Waals surface area contributed by atoms with Crippen LogP contribution >= 0.6 is 11.6 Å². The Morgan fingerprint density at radius 3 is 2.62 bits per heavy atom. The SMILES string of the molecule is COC(=O)c1ccc(Cl)cc1NC(=O)N1CCN(c2nc3cc(F)ccc3n3cccc23)CC1. The number of nitrogens with one attached hydrogen (secondary N) is 1. The van der Waals surface area contributed by atoms with Crippen molar-refractivity contribution in [1.82, 2.24) is 14.3 Å². The van der Waals surface area contributed by atoms with E-state index in [1.807, 2.05) is 22.7 Å². The molecule has 0 spiro atoms. The summed E-state index contributed by atoms with van der Waals surface area (Å²) >= 11 is 6.05. The van der Waals surface area contributed by atoms with Crippen LogP contribution in [0.25, 0.3) is 16.6 Å². The van der Waals surface area contributed by atoms with Crippen molar-refractivity contribution < 1.29 is 18.7 Å². The number of fused-ring (bicyclic) bond motifs is 3. The Hall–Kier alpha value is -3.85. The van der Waals surface area contributed by atoms with Gasteiger partial charge in [0, 0.05) is 43.5 Å². The maximum Gasteiger partial charge on any atom is 0.339 e. The number of carbonyl (C=O) groups is 2. The van der Waals surface area contributed by atoms with Crippen LogP contribution in [0.3, 0.4) is 0 Å². The van der Waals surface area contributed by atoms with Gasteiger partial charge in [-0.25, -0.2) is 19.0 Å². The first-order chi connectivity index (χ1) is 16.4. The van der Waals surface area contributed by atoms with Crippen LogP contribution in [0, 0.1) is 5.82 Å². The van der Waals surface area contributed by atoms with Crippen LogP contribution in [0.15, 0.2) is 54.7 Å². The molecule has 2 amide bonds. The van der Waals surface area contributed by atoms with Gasteiger partial charge in [-0.2, -0.15) is 0 Å². The largest absolute Gasteiger partial charge is 0.465 e. The number of esters is 1. The van der Waals surface area contributed by atoms with Crippen LogP contribution in [0.4, 0.5) is 20.7 Å². The summed E-state index contributed by atoms with van der Waals surface area (Å²) in [6, 6.07) is 12.7. The second-order valence-electron chi connectivity index (χ2n) is 7.92. The molecule has 174 valence electrons. The molecule has 1 aliphatic rings. The number of rotatable bonds is 3. The van der Waals surface area contributed by atoms with Crippen LogP contribution < -0.4 is 10.2 Å². The van der Waals surface area contributed by atoms with Gasteiger partial charge in [0.2, 0.25) is 0 Å². The first-order valence-electron chi connectivity index (χ1n) is 10.7. The number of piperazine rings is 1. The molecule has 5 rings (SSSR count). The highest BCUT2D eigenvalue weighted by atomic mass is 35.5. The van der Waals surface area contributed by atoms with Gasteiger partial charge in [0.05, 0.1) is 34.9 Å². The van der Waals surface area contributed by atoms with Crippen molar-refractivity contribution in [1.29, 1.82) is 0 Å². The number of nitrogens with zero attached hydrogens (tertiary/aromatic N) is 4. The van der Waals surface area contributed by atoms with Gasteiger partial charge in [0.15, 0.2) is 5.82 Å². The smallest absolute Gasteiger partial charge is 0.339 e. The summed E-state index contributed by atoms with van der Waals surface area (Å²) in [6.45, 7) is 1.97. The highest BCUT2D eigenvalue weighted by Crippen LogP contribution is 2.27. The van der Waals surface area contributed by atoms with Crippen molar-refractivity contribution in [3.05, 3.63) is 71.1 Å². The Kier molecular flexibility index (Phi) is 5.70. The van der Waals surface area contributed by atoms with E-state index in [0.29, 0.717) is 42.4 Å². The van der Waals surface area contributed by atoms with E-state index in [1.165, 1.54) is 31.4 Å². The zero-order valence-corrected chi connectivity index (χ0v) is 19.1. The third-order valence-electron chi connectivity index (χ3n) is 5.90. The summed E-state index contributed by atoms with van der Waals surface area (Å²) < 4.78 is 20.6. The Labute approximate surface area is 199 Å². The Morgan fingerprint density at radius 2 is 1.85 bits per heavy atom. The number of benzene rings is 2. The van der Waals surface area contributed by atoms with E-state index in [-0.39, 0.29) is 17.4 Å². The third kappa shape index (κ3) is 3.99. The Bertz CT molecular complexity index is 1410. The topological polar surface area (TPSA) is 79.2 Å². The molecule has 1 saturated heterocycles. The van der Waals surface area contributed by atoms with E-state index in [4.69, 9.17) is 21.3 Å². The number of halogens is 2. The minimum absolute atomic E-state index is 0.224. The van der Waals surface area contributed by atoms with E-state index < -0.39 is 5.97 Å². The fraction of sp³-hybridized carbons (Fsp3) is 0.208. The summed E-state index contributed by atoms with van der Waals surface area (Å²) in [7, 11) is 1.28. The number of anilines is 2. The van der Waals surface area contributed by atoms with E-state index >= 15 is 0 Å². The molecule has 0 atom stereocenters. The Balaban J connectivity index is 1.34. The number of methoxy groups -OCH3 is 1. The molecule has 0 radical (unpaired) electrons. The number of urea groups is 1. The predicted octanol–water partition coefficient (Wildman–Crippen LogP) is 4.42. The van der Waals surface area contributed by atoms with Gasteiger partial charge in [0.1, 0.15) is 5.82 Å². The highest BCUT2D eigenvalue weighted by molar-refractivity contribution is 6.31. The minimum Gasteiger partial charge on any atom is -0.465 e. The zero-order valence-electron chi connectivity index (χ0n) is 18.3. The summed E-state index contributed by atoms with van der Waals surface area (Å²) in [5.74, 6) is -0.163. The first-order valence-corrected chi connectivity index (χ1v) is 11.1. The molecule has 0 aliphatic carbocycles. The highest BCUT2D eigenvalue weighted by Gasteiger charge is 2.25. The molecule has 2 aromatic heterocycles. The van der Waals surface area contributed by atoms with Gasteiger partial charge in [-0.15, -0.1) is 0 Å². The molecular formula is C24H21ClFN5O3. The van der Waals surface area contributed by atoms with Crippen LogP contribution in [-0.4, -0.2) is 59.6 Å². The molecule has 3 heterocycles. The number of amides is 2. The normalized spacial score (nSPS) is 14.0. The van der Waals surface area contributed by atoms with Crippen molar-refractivity contribution in [3.8, 4) is 0 Å². The molecule has 34 heavy (non-hydrogen) atoms. The zero-order chi connectivity index (χ0) is 23.8. The van der Waals surface area contributed by atoms with Gasteiger partial charge in [-0.1, -0.05) is 11.6 Å².